The highest BCUT2D eigenvalue weighted by atomic mass is 32.2. The van der Waals surface area contributed by atoms with Crippen molar-refractivity contribution in [1.82, 2.24) is 20.2 Å². The maximum absolute atomic E-state index is 12.6. The fourth-order valence-corrected chi connectivity index (χ4v) is 3.53. The summed E-state index contributed by atoms with van der Waals surface area (Å²) in [6.07, 6.45) is 0. The molecule has 7 nitrogen and oxygen atoms in total. The number of Topliss-reactive ketones (excluding diaryl/α,β-unsaturated/α-hetero) is 1. The molecule has 0 aliphatic carbocycles. The number of anilines is 1. The quantitative estimate of drug-likeness (QED) is 0.364. The van der Waals surface area contributed by atoms with E-state index in [1.54, 1.807) is 41.1 Å². The summed E-state index contributed by atoms with van der Waals surface area (Å²) < 4.78 is 1.60. The molecular formula is C22H17N5O2S. The number of ketones is 1. The molecule has 1 heterocycles. The van der Waals surface area contributed by atoms with Crippen molar-refractivity contribution in [2.45, 2.75) is 5.16 Å². The Balaban J connectivity index is 1.37. The standard InChI is InChI=1S/C22H17N5O2S/c28-20(15-30-22-24-25-26-27(22)19-9-5-2-6-10-19)16-11-13-18(14-12-16)23-21(29)17-7-3-1-4-8-17/h1-14H,15H2,(H,23,29). The summed E-state index contributed by atoms with van der Waals surface area (Å²) in [4.78, 5) is 24.8. The predicted molar refractivity (Wildman–Crippen MR) is 115 cm³/mol. The van der Waals surface area contributed by atoms with Gasteiger partial charge in [0.05, 0.1) is 11.4 Å². The van der Waals surface area contributed by atoms with Crippen LogP contribution >= 0.6 is 11.8 Å². The Morgan fingerprint density at radius 1 is 0.833 bits per heavy atom. The molecule has 0 atom stereocenters. The summed E-state index contributed by atoms with van der Waals surface area (Å²) >= 11 is 1.27. The summed E-state index contributed by atoms with van der Waals surface area (Å²) in [7, 11) is 0. The minimum Gasteiger partial charge on any atom is -0.322 e. The van der Waals surface area contributed by atoms with Crippen LogP contribution in [0.5, 0.6) is 0 Å². The van der Waals surface area contributed by atoms with Crippen LogP contribution in [0, 0.1) is 0 Å². The number of benzene rings is 3. The Morgan fingerprint density at radius 2 is 1.50 bits per heavy atom. The largest absolute Gasteiger partial charge is 0.322 e. The van der Waals surface area contributed by atoms with E-state index in [0.717, 1.165) is 5.69 Å². The van der Waals surface area contributed by atoms with Gasteiger partial charge in [-0.25, -0.2) is 0 Å². The van der Waals surface area contributed by atoms with E-state index in [0.29, 0.717) is 22.0 Å². The molecule has 0 spiro atoms. The maximum Gasteiger partial charge on any atom is 0.255 e. The van der Waals surface area contributed by atoms with Gasteiger partial charge in [0.15, 0.2) is 5.78 Å². The molecule has 1 amide bonds. The molecular weight excluding hydrogens is 398 g/mol. The molecule has 1 N–H and O–H groups in total. The zero-order chi connectivity index (χ0) is 20.8. The Morgan fingerprint density at radius 3 is 2.20 bits per heavy atom. The van der Waals surface area contributed by atoms with Crippen molar-refractivity contribution in [2.24, 2.45) is 0 Å². The highest BCUT2D eigenvalue weighted by Crippen LogP contribution is 2.20. The average molecular weight is 415 g/mol. The lowest BCUT2D eigenvalue weighted by atomic mass is 10.1. The summed E-state index contributed by atoms with van der Waals surface area (Å²) in [5.74, 6) is -0.0512. The molecule has 0 saturated carbocycles. The molecule has 4 aromatic rings. The number of carbonyl (C=O) groups excluding carboxylic acids is 2. The van der Waals surface area contributed by atoms with Gasteiger partial charge in [-0.2, -0.15) is 4.68 Å². The monoisotopic (exact) mass is 415 g/mol. The van der Waals surface area contributed by atoms with Crippen molar-refractivity contribution >= 4 is 29.1 Å². The van der Waals surface area contributed by atoms with E-state index in [4.69, 9.17) is 0 Å². The van der Waals surface area contributed by atoms with Gasteiger partial charge in [0.2, 0.25) is 5.16 Å². The van der Waals surface area contributed by atoms with Crippen molar-refractivity contribution in [3.8, 4) is 5.69 Å². The van der Waals surface area contributed by atoms with Gasteiger partial charge in [0, 0.05) is 16.8 Å². The van der Waals surface area contributed by atoms with E-state index in [1.165, 1.54) is 11.8 Å². The summed E-state index contributed by atoms with van der Waals surface area (Å²) in [6.45, 7) is 0. The fourth-order valence-electron chi connectivity index (χ4n) is 2.75. The number of thioether (sulfide) groups is 1. The number of rotatable bonds is 7. The highest BCUT2D eigenvalue weighted by molar-refractivity contribution is 7.99. The highest BCUT2D eigenvalue weighted by Gasteiger charge is 2.13. The van der Waals surface area contributed by atoms with Gasteiger partial charge in [-0.3, -0.25) is 9.59 Å². The molecule has 0 fully saturated rings. The van der Waals surface area contributed by atoms with Crippen LogP contribution in [0.3, 0.4) is 0 Å². The molecule has 8 heteroatoms. The van der Waals surface area contributed by atoms with Crippen LogP contribution in [0.2, 0.25) is 0 Å². The summed E-state index contributed by atoms with van der Waals surface area (Å²) in [5.41, 5.74) is 2.58. The van der Waals surface area contributed by atoms with Crippen LogP contribution in [0.15, 0.2) is 90.1 Å². The van der Waals surface area contributed by atoms with Crippen molar-refractivity contribution in [3.05, 3.63) is 96.1 Å². The molecule has 0 bridgehead atoms. The van der Waals surface area contributed by atoms with E-state index in [1.807, 2.05) is 48.5 Å². The third-order valence-corrected chi connectivity index (χ3v) is 5.19. The van der Waals surface area contributed by atoms with Gasteiger partial charge in [0.1, 0.15) is 0 Å². The van der Waals surface area contributed by atoms with Crippen molar-refractivity contribution in [2.75, 3.05) is 11.1 Å². The van der Waals surface area contributed by atoms with E-state index < -0.39 is 0 Å². The minimum atomic E-state index is -0.196. The smallest absolute Gasteiger partial charge is 0.255 e. The Hall–Kier alpha value is -3.78. The molecule has 30 heavy (non-hydrogen) atoms. The van der Waals surface area contributed by atoms with Gasteiger partial charge in [-0.1, -0.05) is 48.2 Å². The van der Waals surface area contributed by atoms with Crippen LogP contribution in [-0.4, -0.2) is 37.7 Å². The molecule has 0 aliphatic rings. The van der Waals surface area contributed by atoms with Gasteiger partial charge in [-0.15, -0.1) is 5.10 Å². The Kier molecular flexibility index (Phi) is 5.95. The topological polar surface area (TPSA) is 89.8 Å². The number of tetrazole rings is 1. The summed E-state index contributed by atoms with van der Waals surface area (Å²) in [5, 5.41) is 15.0. The maximum atomic E-state index is 12.6. The molecule has 1 aromatic heterocycles. The second-order valence-corrected chi connectivity index (χ2v) is 7.26. The number of carbonyl (C=O) groups is 2. The zero-order valence-corrected chi connectivity index (χ0v) is 16.6. The average Bonchev–Trinajstić information content (AvgIpc) is 3.28. The minimum absolute atomic E-state index is 0.0523. The fraction of sp³-hybridized carbons (Fsp3) is 0.0455. The number of hydrogen-bond donors (Lipinski definition) is 1. The first-order chi connectivity index (χ1) is 14.7. The van der Waals surface area contributed by atoms with Crippen molar-refractivity contribution in [3.63, 3.8) is 0 Å². The van der Waals surface area contributed by atoms with E-state index in [9.17, 15) is 9.59 Å². The third kappa shape index (κ3) is 4.61. The molecule has 0 radical (unpaired) electrons. The first-order valence-electron chi connectivity index (χ1n) is 9.17. The van der Waals surface area contributed by atoms with E-state index in [-0.39, 0.29) is 17.4 Å². The van der Waals surface area contributed by atoms with Crippen LogP contribution < -0.4 is 5.32 Å². The number of nitrogens with one attached hydrogen (secondary N) is 1. The van der Waals surface area contributed by atoms with Gasteiger partial charge in [0.25, 0.3) is 5.91 Å². The van der Waals surface area contributed by atoms with Crippen molar-refractivity contribution < 1.29 is 9.59 Å². The lowest BCUT2D eigenvalue weighted by molar-refractivity contribution is 0.101. The molecule has 148 valence electrons. The number of para-hydroxylation sites is 1. The number of aromatic nitrogens is 4. The van der Waals surface area contributed by atoms with Crippen LogP contribution in [-0.2, 0) is 0 Å². The number of nitrogens with zero attached hydrogens (tertiary/aromatic N) is 4. The normalized spacial score (nSPS) is 10.5. The number of hydrogen-bond acceptors (Lipinski definition) is 6. The van der Waals surface area contributed by atoms with Gasteiger partial charge in [-0.05, 0) is 59.0 Å². The third-order valence-electron chi connectivity index (χ3n) is 4.27. The van der Waals surface area contributed by atoms with Crippen LogP contribution in [0.25, 0.3) is 5.69 Å². The van der Waals surface area contributed by atoms with Crippen molar-refractivity contribution in [1.29, 1.82) is 0 Å². The number of amides is 1. The summed E-state index contributed by atoms with van der Waals surface area (Å²) in [6, 6.07) is 25.3. The Labute approximate surface area is 177 Å². The first-order valence-corrected chi connectivity index (χ1v) is 10.2. The Bertz CT molecular complexity index is 1150. The first kappa shape index (κ1) is 19.5. The van der Waals surface area contributed by atoms with Gasteiger partial charge < -0.3 is 5.32 Å². The molecule has 0 saturated heterocycles. The van der Waals surface area contributed by atoms with Gasteiger partial charge >= 0.3 is 0 Å². The van der Waals surface area contributed by atoms with E-state index in [2.05, 4.69) is 20.8 Å². The second kappa shape index (κ2) is 9.15. The molecule has 0 aliphatic heterocycles. The van der Waals surface area contributed by atoms with E-state index >= 15 is 0 Å². The van der Waals surface area contributed by atoms with Crippen LogP contribution in [0.1, 0.15) is 20.7 Å². The lowest BCUT2D eigenvalue weighted by Crippen LogP contribution is -2.12. The molecule has 3 aromatic carbocycles. The zero-order valence-electron chi connectivity index (χ0n) is 15.8. The molecule has 0 unspecified atom stereocenters. The molecule has 4 rings (SSSR count). The van der Waals surface area contributed by atoms with Crippen LogP contribution in [0.4, 0.5) is 5.69 Å². The lowest BCUT2D eigenvalue weighted by Gasteiger charge is -2.07. The SMILES string of the molecule is O=C(CSc1nnnn1-c1ccccc1)c1ccc(NC(=O)c2ccccc2)cc1. The second-order valence-electron chi connectivity index (χ2n) is 6.32. The predicted octanol–water partition coefficient (Wildman–Crippen LogP) is 3.89.